The maximum atomic E-state index is 12.2. The number of anilines is 1. The number of halogens is 2. The van der Waals surface area contributed by atoms with Gasteiger partial charge in [0, 0.05) is 14.6 Å². The monoisotopic (exact) mass is 437 g/mol. The van der Waals surface area contributed by atoms with E-state index in [1.807, 2.05) is 55.5 Å². The van der Waals surface area contributed by atoms with E-state index in [1.54, 1.807) is 6.21 Å². The number of benzene rings is 2. The van der Waals surface area contributed by atoms with Crippen LogP contribution >= 0.6 is 31.9 Å². The second-order valence-corrected chi connectivity index (χ2v) is 6.73. The van der Waals surface area contributed by atoms with Gasteiger partial charge in [-0.25, -0.2) is 5.43 Å². The Morgan fingerprint density at radius 2 is 1.91 bits per heavy atom. The fourth-order valence-corrected chi connectivity index (χ4v) is 2.62. The molecule has 120 valence electrons. The maximum absolute atomic E-state index is 12.2. The minimum absolute atomic E-state index is 0.165. The quantitative estimate of drug-likeness (QED) is 0.513. The van der Waals surface area contributed by atoms with E-state index in [4.69, 9.17) is 0 Å². The van der Waals surface area contributed by atoms with Crippen molar-refractivity contribution in [1.29, 1.82) is 0 Å². The number of hydrazone groups is 1. The molecule has 4 nitrogen and oxygen atoms in total. The summed E-state index contributed by atoms with van der Waals surface area (Å²) in [5.41, 5.74) is 4.38. The number of nitrogens with zero attached hydrogens (tertiary/aromatic N) is 1. The van der Waals surface area contributed by atoms with Crippen molar-refractivity contribution >= 4 is 49.7 Å². The standard InChI is InChI=1S/C17H17Br2N3O/c1-2-16(21-15-8-6-13(18)7-9-15)17(23)22-20-11-12-4-3-5-14(19)10-12/h3-11,16,21H,2H2,1H3,(H,22,23)/b20-11+. The van der Waals surface area contributed by atoms with Crippen molar-refractivity contribution in [2.45, 2.75) is 19.4 Å². The molecule has 0 heterocycles. The van der Waals surface area contributed by atoms with E-state index in [0.29, 0.717) is 6.42 Å². The fraction of sp³-hybridized carbons (Fsp3) is 0.176. The molecule has 0 fully saturated rings. The number of carbonyl (C=O) groups is 1. The Labute approximate surface area is 152 Å². The molecule has 6 heteroatoms. The molecule has 23 heavy (non-hydrogen) atoms. The lowest BCUT2D eigenvalue weighted by atomic mass is 10.2. The first-order valence-corrected chi connectivity index (χ1v) is 8.77. The second kappa shape index (κ2) is 8.84. The Bertz CT molecular complexity index is 686. The third kappa shape index (κ3) is 5.80. The summed E-state index contributed by atoms with van der Waals surface area (Å²) in [4.78, 5) is 12.2. The maximum Gasteiger partial charge on any atom is 0.262 e. The molecule has 2 aromatic rings. The van der Waals surface area contributed by atoms with Gasteiger partial charge < -0.3 is 5.32 Å². The van der Waals surface area contributed by atoms with Gasteiger partial charge in [-0.2, -0.15) is 5.10 Å². The molecular weight excluding hydrogens is 422 g/mol. The number of hydrogen-bond acceptors (Lipinski definition) is 3. The van der Waals surface area contributed by atoms with E-state index in [9.17, 15) is 4.79 Å². The van der Waals surface area contributed by atoms with Crippen LogP contribution in [0.25, 0.3) is 0 Å². The summed E-state index contributed by atoms with van der Waals surface area (Å²) in [5, 5.41) is 7.21. The van der Waals surface area contributed by atoms with Crippen molar-refractivity contribution < 1.29 is 4.79 Å². The van der Waals surface area contributed by atoms with Crippen LogP contribution in [0.15, 0.2) is 62.6 Å². The van der Waals surface area contributed by atoms with Crippen LogP contribution in [0.4, 0.5) is 5.69 Å². The summed E-state index contributed by atoms with van der Waals surface area (Å²) < 4.78 is 1.97. The van der Waals surface area contributed by atoms with Gasteiger partial charge in [-0.05, 0) is 48.4 Å². The minimum atomic E-state index is -0.337. The SMILES string of the molecule is CCC(Nc1ccc(Br)cc1)C(=O)N/N=C/c1cccc(Br)c1. The summed E-state index contributed by atoms with van der Waals surface area (Å²) in [6, 6.07) is 15.1. The highest BCUT2D eigenvalue weighted by Crippen LogP contribution is 2.15. The van der Waals surface area contributed by atoms with Crippen LogP contribution in [-0.4, -0.2) is 18.2 Å². The highest BCUT2D eigenvalue weighted by atomic mass is 79.9. The first-order chi connectivity index (χ1) is 11.1. The smallest absolute Gasteiger partial charge is 0.262 e. The molecule has 0 saturated heterocycles. The van der Waals surface area contributed by atoms with E-state index in [1.165, 1.54) is 0 Å². The van der Waals surface area contributed by atoms with Crippen molar-refractivity contribution in [1.82, 2.24) is 5.43 Å². The average molecular weight is 439 g/mol. The van der Waals surface area contributed by atoms with Crippen LogP contribution in [0, 0.1) is 0 Å². The summed E-state index contributed by atoms with van der Waals surface area (Å²) in [7, 11) is 0. The van der Waals surface area contributed by atoms with Crippen molar-refractivity contribution in [3.8, 4) is 0 Å². The summed E-state index contributed by atoms with van der Waals surface area (Å²) >= 11 is 6.79. The Kier molecular flexibility index (Phi) is 6.80. The van der Waals surface area contributed by atoms with Crippen molar-refractivity contribution in [3.63, 3.8) is 0 Å². The van der Waals surface area contributed by atoms with Crippen molar-refractivity contribution in [2.75, 3.05) is 5.32 Å². The van der Waals surface area contributed by atoms with Crippen LogP contribution in [0.3, 0.4) is 0 Å². The Morgan fingerprint density at radius 1 is 1.17 bits per heavy atom. The van der Waals surface area contributed by atoms with Crippen molar-refractivity contribution in [3.05, 3.63) is 63.0 Å². The molecule has 0 bridgehead atoms. The predicted octanol–water partition coefficient (Wildman–Crippen LogP) is 4.55. The molecule has 0 spiro atoms. The lowest BCUT2D eigenvalue weighted by Crippen LogP contribution is -2.36. The van der Waals surface area contributed by atoms with Gasteiger partial charge in [0.25, 0.3) is 5.91 Å². The van der Waals surface area contributed by atoms with Crippen LogP contribution in [0.2, 0.25) is 0 Å². The minimum Gasteiger partial charge on any atom is -0.374 e. The van der Waals surface area contributed by atoms with Crippen LogP contribution in [-0.2, 0) is 4.79 Å². The molecule has 0 aromatic heterocycles. The van der Waals surface area contributed by atoms with E-state index in [2.05, 4.69) is 47.7 Å². The number of rotatable bonds is 6. The zero-order valence-corrected chi connectivity index (χ0v) is 15.8. The van der Waals surface area contributed by atoms with Gasteiger partial charge in [-0.15, -0.1) is 0 Å². The molecule has 0 aliphatic heterocycles. The Morgan fingerprint density at radius 3 is 2.57 bits per heavy atom. The number of amides is 1. The van der Waals surface area contributed by atoms with Gasteiger partial charge in [-0.1, -0.05) is 50.9 Å². The van der Waals surface area contributed by atoms with E-state index in [0.717, 1.165) is 20.2 Å². The third-order valence-electron chi connectivity index (χ3n) is 3.15. The zero-order chi connectivity index (χ0) is 16.7. The van der Waals surface area contributed by atoms with Gasteiger partial charge >= 0.3 is 0 Å². The number of carbonyl (C=O) groups excluding carboxylic acids is 1. The summed E-state index contributed by atoms with van der Waals surface area (Å²) in [6.45, 7) is 1.95. The van der Waals surface area contributed by atoms with Crippen molar-refractivity contribution in [2.24, 2.45) is 5.10 Å². The molecular formula is C17H17Br2N3O. The Hall–Kier alpha value is -1.66. The topological polar surface area (TPSA) is 53.5 Å². The van der Waals surface area contributed by atoms with E-state index in [-0.39, 0.29) is 11.9 Å². The van der Waals surface area contributed by atoms with E-state index < -0.39 is 0 Å². The predicted molar refractivity (Wildman–Crippen MR) is 102 cm³/mol. The summed E-state index contributed by atoms with van der Waals surface area (Å²) in [6.07, 6.45) is 2.28. The van der Waals surface area contributed by atoms with Gasteiger partial charge in [0.2, 0.25) is 0 Å². The Balaban J connectivity index is 1.93. The molecule has 0 aliphatic carbocycles. The molecule has 2 rings (SSSR count). The lowest BCUT2D eigenvalue weighted by Gasteiger charge is -2.16. The van der Waals surface area contributed by atoms with Gasteiger partial charge in [-0.3, -0.25) is 4.79 Å². The molecule has 0 saturated carbocycles. The molecule has 1 atom stereocenters. The normalized spacial score (nSPS) is 12.1. The van der Waals surface area contributed by atoms with Crippen LogP contribution in [0.1, 0.15) is 18.9 Å². The molecule has 2 N–H and O–H groups in total. The second-order valence-electron chi connectivity index (χ2n) is 4.90. The average Bonchev–Trinajstić information content (AvgIpc) is 2.54. The first-order valence-electron chi connectivity index (χ1n) is 7.19. The molecule has 2 aromatic carbocycles. The third-order valence-corrected chi connectivity index (χ3v) is 4.17. The van der Waals surface area contributed by atoms with E-state index >= 15 is 0 Å². The van der Waals surface area contributed by atoms with Gasteiger partial charge in [0.05, 0.1) is 6.21 Å². The zero-order valence-electron chi connectivity index (χ0n) is 12.6. The van der Waals surface area contributed by atoms with Crippen LogP contribution < -0.4 is 10.7 Å². The molecule has 0 aliphatic rings. The number of hydrogen-bond donors (Lipinski definition) is 2. The molecule has 1 unspecified atom stereocenters. The molecule has 1 amide bonds. The summed E-state index contributed by atoms with van der Waals surface area (Å²) in [5.74, 6) is -0.165. The number of nitrogens with one attached hydrogen (secondary N) is 2. The highest BCUT2D eigenvalue weighted by Gasteiger charge is 2.15. The first kappa shape index (κ1) is 17.7. The van der Waals surface area contributed by atoms with Crippen LogP contribution in [0.5, 0.6) is 0 Å². The highest BCUT2D eigenvalue weighted by molar-refractivity contribution is 9.10. The molecule has 0 radical (unpaired) electrons. The largest absolute Gasteiger partial charge is 0.374 e. The fourth-order valence-electron chi connectivity index (χ4n) is 1.94. The van der Waals surface area contributed by atoms with Gasteiger partial charge in [0.1, 0.15) is 6.04 Å². The van der Waals surface area contributed by atoms with Gasteiger partial charge in [0.15, 0.2) is 0 Å². The lowest BCUT2D eigenvalue weighted by molar-refractivity contribution is -0.121.